The summed E-state index contributed by atoms with van der Waals surface area (Å²) in [6.45, 7) is 1.52. The number of esters is 1. The molecule has 3 rings (SSSR count). The number of benzene rings is 2. The summed E-state index contributed by atoms with van der Waals surface area (Å²) in [6, 6.07) is 11.8. The van der Waals surface area contributed by atoms with Crippen molar-refractivity contribution < 1.29 is 33.3 Å². The highest BCUT2D eigenvalue weighted by atomic mass is 16.7. The van der Waals surface area contributed by atoms with Gasteiger partial charge in [0.15, 0.2) is 17.6 Å². The maximum Gasteiger partial charge on any atom is 0.326 e. The molecule has 2 amide bonds. The quantitative estimate of drug-likeness (QED) is 0.628. The summed E-state index contributed by atoms with van der Waals surface area (Å²) >= 11 is 0. The normalized spacial score (nSPS) is 12.6. The summed E-state index contributed by atoms with van der Waals surface area (Å²) in [5.74, 6) is 0.282. The molecule has 0 fully saturated rings. The third-order valence-electron chi connectivity index (χ3n) is 4.33. The van der Waals surface area contributed by atoms with Crippen LogP contribution in [0.25, 0.3) is 0 Å². The number of nitrogens with one attached hydrogen (secondary N) is 2. The van der Waals surface area contributed by atoms with Gasteiger partial charge >= 0.3 is 5.97 Å². The second-order valence-electron chi connectivity index (χ2n) is 6.45. The molecular weight excluding hydrogens is 392 g/mol. The Morgan fingerprint density at radius 1 is 1.03 bits per heavy atom. The number of carbonyl (C=O) groups excluding carboxylic acids is 3. The van der Waals surface area contributed by atoms with Crippen molar-refractivity contribution in [3.63, 3.8) is 0 Å². The van der Waals surface area contributed by atoms with Crippen LogP contribution in [0.15, 0.2) is 42.5 Å². The van der Waals surface area contributed by atoms with E-state index >= 15 is 0 Å². The van der Waals surface area contributed by atoms with Crippen LogP contribution in [0.1, 0.15) is 22.8 Å². The summed E-state index contributed by atoms with van der Waals surface area (Å²) < 4.78 is 20.6. The molecule has 1 aliphatic rings. The van der Waals surface area contributed by atoms with Gasteiger partial charge in [-0.25, -0.2) is 0 Å². The van der Waals surface area contributed by atoms with E-state index in [1.165, 1.54) is 14.0 Å². The number of hydrogen-bond donors (Lipinski definition) is 2. The van der Waals surface area contributed by atoms with Crippen molar-refractivity contribution in [2.24, 2.45) is 0 Å². The van der Waals surface area contributed by atoms with Crippen LogP contribution in [0.5, 0.6) is 17.2 Å². The van der Waals surface area contributed by atoms with E-state index in [1.54, 1.807) is 42.5 Å². The molecule has 0 aromatic heterocycles. The Bertz CT molecular complexity index is 927. The number of rotatable bonds is 8. The first-order valence-corrected chi connectivity index (χ1v) is 9.24. The van der Waals surface area contributed by atoms with Crippen LogP contribution in [-0.4, -0.2) is 44.3 Å². The molecule has 0 radical (unpaired) electrons. The zero-order valence-corrected chi connectivity index (χ0v) is 16.6. The van der Waals surface area contributed by atoms with Gasteiger partial charge in [0.05, 0.1) is 7.11 Å². The highest BCUT2D eigenvalue weighted by molar-refractivity contribution is 5.96. The second-order valence-corrected chi connectivity index (χ2v) is 6.45. The van der Waals surface area contributed by atoms with E-state index in [2.05, 4.69) is 10.6 Å². The summed E-state index contributed by atoms with van der Waals surface area (Å²) in [4.78, 5) is 36.1. The number of methoxy groups -OCH3 is 1. The minimum Gasteiger partial charge on any atom is -0.497 e. The van der Waals surface area contributed by atoms with Crippen LogP contribution in [0.3, 0.4) is 0 Å². The van der Waals surface area contributed by atoms with Crippen LogP contribution in [-0.2, 0) is 20.9 Å². The molecule has 158 valence electrons. The molecule has 1 atom stereocenters. The van der Waals surface area contributed by atoms with Crippen molar-refractivity contribution in [1.29, 1.82) is 0 Å². The third-order valence-corrected chi connectivity index (χ3v) is 4.33. The fourth-order valence-electron chi connectivity index (χ4n) is 2.67. The number of fused-ring (bicyclic) bond motifs is 1. The zero-order valence-electron chi connectivity index (χ0n) is 16.6. The van der Waals surface area contributed by atoms with Gasteiger partial charge in [-0.3, -0.25) is 14.4 Å². The predicted molar refractivity (Wildman–Crippen MR) is 105 cm³/mol. The van der Waals surface area contributed by atoms with Crippen LogP contribution >= 0.6 is 0 Å². The van der Waals surface area contributed by atoms with Crippen molar-refractivity contribution in [3.05, 3.63) is 53.6 Å². The molecular formula is C21H22N2O7. The summed E-state index contributed by atoms with van der Waals surface area (Å²) in [5, 5.41) is 5.14. The van der Waals surface area contributed by atoms with E-state index in [0.29, 0.717) is 22.8 Å². The van der Waals surface area contributed by atoms with E-state index in [4.69, 9.17) is 18.9 Å². The maximum atomic E-state index is 12.2. The highest BCUT2D eigenvalue weighted by Gasteiger charge is 2.19. The average molecular weight is 414 g/mol. The standard InChI is InChI=1S/C21H22N2O7/c1-13(20(25)22-10-14-3-8-17-18(9-14)29-12-28-17)30-19(24)11-23-21(26)15-4-6-16(27-2)7-5-15/h3-9,13H,10-12H2,1-2H3,(H,22,25)(H,23,26)/t13-/m1/s1. The number of carbonyl (C=O) groups is 3. The lowest BCUT2D eigenvalue weighted by atomic mass is 10.2. The molecule has 9 nitrogen and oxygen atoms in total. The summed E-state index contributed by atoms with van der Waals surface area (Å²) in [6.07, 6.45) is -1.01. The van der Waals surface area contributed by atoms with E-state index in [-0.39, 0.29) is 19.9 Å². The average Bonchev–Trinajstić information content (AvgIpc) is 3.23. The SMILES string of the molecule is COc1ccc(C(=O)NCC(=O)O[C@H](C)C(=O)NCc2ccc3c(c2)OCO3)cc1. The third kappa shape index (κ3) is 5.40. The molecule has 2 N–H and O–H groups in total. The van der Waals surface area contributed by atoms with Gasteiger partial charge < -0.3 is 29.6 Å². The van der Waals surface area contributed by atoms with Gasteiger partial charge in [-0.2, -0.15) is 0 Å². The lowest BCUT2D eigenvalue weighted by Crippen LogP contribution is -2.38. The van der Waals surface area contributed by atoms with Gasteiger partial charge in [0.25, 0.3) is 11.8 Å². The first kappa shape index (κ1) is 21.0. The minimum atomic E-state index is -1.01. The molecule has 0 saturated heterocycles. The summed E-state index contributed by atoms with van der Waals surface area (Å²) in [5.41, 5.74) is 1.19. The Kier molecular flexibility index (Phi) is 6.74. The van der Waals surface area contributed by atoms with Crippen LogP contribution in [0.2, 0.25) is 0 Å². The van der Waals surface area contributed by atoms with E-state index in [1.807, 2.05) is 0 Å². The predicted octanol–water partition coefficient (Wildman–Crippen LogP) is 1.40. The number of ether oxygens (including phenoxy) is 4. The molecule has 0 bridgehead atoms. The number of hydrogen-bond acceptors (Lipinski definition) is 7. The van der Waals surface area contributed by atoms with Crippen molar-refractivity contribution in [2.75, 3.05) is 20.4 Å². The number of amides is 2. The van der Waals surface area contributed by atoms with Gasteiger partial charge in [0, 0.05) is 12.1 Å². The molecule has 2 aromatic rings. The fourth-order valence-corrected chi connectivity index (χ4v) is 2.67. The van der Waals surface area contributed by atoms with Gasteiger partial charge in [0.1, 0.15) is 12.3 Å². The molecule has 0 saturated carbocycles. The van der Waals surface area contributed by atoms with Crippen molar-refractivity contribution in [2.45, 2.75) is 19.6 Å². The summed E-state index contributed by atoms with van der Waals surface area (Å²) in [7, 11) is 1.53. The highest BCUT2D eigenvalue weighted by Crippen LogP contribution is 2.32. The monoisotopic (exact) mass is 414 g/mol. The molecule has 2 aromatic carbocycles. The van der Waals surface area contributed by atoms with Gasteiger partial charge in [-0.15, -0.1) is 0 Å². The van der Waals surface area contributed by atoms with Crippen LogP contribution in [0, 0.1) is 0 Å². The smallest absolute Gasteiger partial charge is 0.326 e. The Balaban J connectivity index is 1.40. The zero-order chi connectivity index (χ0) is 21.5. The second kappa shape index (κ2) is 9.64. The first-order chi connectivity index (χ1) is 14.5. The van der Waals surface area contributed by atoms with Crippen molar-refractivity contribution >= 4 is 17.8 Å². The lowest BCUT2D eigenvalue weighted by Gasteiger charge is -2.14. The fraction of sp³-hybridized carbons (Fsp3) is 0.286. The Morgan fingerprint density at radius 2 is 1.77 bits per heavy atom. The van der Waals surface area contributed by atoms with Crippen molar-refractivity contribution in [1.82, 2.24) is 10.6 Å². The van der Waals surface area contributed by atoms with E-state index in [9.17, 15) is 14.4 Å². The van der Waals surface area contributed by atoms with Gasteiger partial charge in [-0.05, 0) is 48.9 Å². The van der Waals surface area contributed by atoms with E-state index < -0.39 is 23.9 Å². The van der Waals surface area contributed by atoms with Gasteiger partial charge in [-0.1, -0.05) is 6.07 Å². The van der Waals surface area contributed by atoms with Crippen LogP contribution in [0.4, 0.5) is 0 Å². The van der Waals surface area contributed by atoms with Gasteiger partial charge in [0.2, 0.25) is 6.79 Å². The lowest BCUT2D eigenvalue weighted by molar-refractivity contribution is -0.153. The van der Waals surface area contributed by atoms with E-state index in [0.717, 1.165) is 5.56 Å². The minimum absolute atomic E-state index is 0.174. The first-order valence-electron chi connectivity index (χ1n) is 9.24. The van der Waals surface area contributed by atoms with Crippen molar-refractivity contribution in [3.8, 4) is 17.2 Å². The Morgan fingerprint density at radius 3 is 2.50 bits per heavy atom. The molecule has 0 unspecified atom stereocenters. The molecule has 9 heteroatoms. The topological polar surface area (TPSA) is 112 Å². The molecule has 0 spiro atoms. The molecule has 0 aliphatic carbocycles. The molecule has 1 heterocycles. The van der Waals surface area contributed by atoms with Crippen LogP contribution < -0.4 is 24.8 Å². The Hall–Kier alpha value is -3.75. The maximum absolute atomic E-state index is 12.2. The molecule has 1 aliphatic heterocycles. The molecule has 30 heavy (non-hydrogen) atoms. The largest absolute Gasteiger partial charge is 0.497 e. The Labute approximate surface area is 173 Å².